The fraction of sp³-hybridized carbons (Fsp3) is 0.562. The van der Waals surface area contributed by atoms with Crippen LogP contribution in [0.2, 0.25) is 5.02 Å². The zero-order valence-corrected chi connectivity index (χ0v) is 13.5. The van der Waals surface area contributed by atoms with E-state index in [1.165, 1.54) is 0 Å². The van der Waals surface area contributed by atoms with Gasteiger partial charge in [-0.2, -0.15) is 0 Å². The fourth-order valence-corrected chi connectivity index (χ4v) is 2.82. The van der Waals surface area contributed by atoms with E-state index in [0.717, 1.165) is 5.56 Å². The highest BCUT2D eigenvalue weighted by Crippen LogP contribution is 2.18. The van der Waals surface area contributed by atoms with E-state index in [0.29, 0.717) is 37.5 Å². The second-order valence-corrected chi connectivity index (χ2v) is 6.32. The molecule has 1 aromatic carbocycles. The molecule has 1 aliphatic rings. The number of rotatable bonds is 5. The van der Waals surface area contributed by atoms with E-state index in [1.54, 1.807) is 28.0 Å². The summed E-state index contributed by atoms with van der Waals surface area (Å²) in [5.41, 5.74) is 0.743. The Kier molecular flexibility index (Phi) is 6.20. The summed E-state index contributed by atoms with van der Waals surface area (Å²) in [6, 6.07) is 7.10. The van der Waals surface area contributed by atoms with Crippen molar-refractivity contribution in [2.75, 3.05) is 33.2 Å². The highest BCUT2D eigenvalue weighted by molar-refractivity contribution is 6.30. The van der Waals surface area contributed by atoms with Crippen molar-refractivity contribution in [1.82, 2.24) is 9.80 Å². The number of benzene rings is 1. The molecule has 1 amide bonds. The third-order valence-electron chi connectivity index (χ3n) is 3.94. The number of carbonyl (C=O) groups is 1. The largest absolute Gasteiger partial charge is 0.393 e. The Balaban J connectivity index is 1.82. The van der Waals surface area contributed by atoms with Crippen LogP contribution in [-0.2, 0) is 4.79 Å². The van der Waals surface area contributed by atoms with Crippen LogP contribution >= 0.6 is 11.6 Å². The molecule has 1 unspecified atom stereocenters. The third-order valence-corrected chi connectivity index (χ3v) is 4.18. The molecule has 122 valence electrons. The van der Waals surface area contributed by atoms with Gasteiger partial charge in [-0.15, -0.1) is 0 Å². The van der Waals surface area contributed by atoms with Crippen molar-refractivity contribution in [3.63, 3.8) is 0 Å². The molecule has 1 aliphatic heterocycles. The molecule has 0 bridgehead atoms. The normalized spacial score (nSPS) is 17.8. The van der Waals surface area contributed by atoms with Gasteiger partial charge in [0.05, 0.1) is 18.8 Å². The lowest BCUT2D eigenvalue weighted by atomic mass is 10.1. The highest BCUT2D eigenvalue weighted by Gasteiger charge is 2.22. The lowest BCUT2D eigenvalue weighted by Crippen LogP contribution is -2.44. The quantitative estimate of drug-likeness (QED) is 0.856. The number of halogens is 1. The summed E-state index contributed by atoms with van der Waals surface area (Å²) in [7, 11) is 1.81. The Morgan fingerprint density at radius 3 is 2.77 bits per heavy atom. The van der Waals surface area contributed by atoms with Gasteiger partial charge >= 0.3 is 0 Å². The van der Waals surface area contributed by atoms with Crippen LogP contribution < -0.4 is 0 Å². The first-order valence-electron chi connectivity index (χ1n) is 7.53. The van der Waals surface area contributed by atoms with Crippen LogP contribution in [0, 0.1) is 0 Å². The summed E-state index contributed by atoms with van der Waals surface area (Å²) in [5.74, 6) is 0.0349. The van der Waals surface area contributed by atoms with Crippen molar-refractivity contribution < 1.29 is 15.0 Å². The van der Waals surface area contributed by atoms with Crippen LogP contribution in [0.15, 0.2) is 24.3 Å². The van der Waals surface area contributed by atoms with E-state index in [1.807, 2.05) is 13.1 Å². The minimum Gasteiger partial charge on any atom is -0.393 e. The lowest BCUT2D eigenvalue weighted by molar-refractivity contribution is -0.134. The molecule has 1 aromatic rings. The number of likely N-dealkylation sites (N-methyl/N-ethyl adjacent to an activating group) is 1. The van der Waals surface area contributed by atoms with Crippen molar-refractivity contribution >= 4 is 17.5 Å². The van der Waals surface area contributed by atoms with Crippen molar-refractivity contribution in [2.45, 2.75) is 25.0 Å². The zero-order chi connectivity index (χ0) is 16.1. The smallest absolute Gasteiger partial charge is 0.236 e. The standard InChI is InChI=1S/C16H23ClN2O3/c1-18(10-15(21)12-3-2-4-13(17)9-12)11-16(22)19-7-5-14(20)6-8-19/h2-4,9,14-15,20-21H,5-8,10-11H2,1H3. The maximum Gasteiger partial charge on any atom is 0.236 e. The first kappa shape index (κ1) is 17.2. The number of likely N-dealkylation sites (tertiary alicyclic amines) is 1. The number of nitrogens with zero attached hydrogens (tertiary/aromatic N) is 2. The molecule has 5 nitrogen and oxygen atoms in total. The number of carbonyl (C=O) groups excluding carboxylic acids is 1. The van der Waals surface area contributed by atoms with Crippen LogP contribution in [0.4, 0.5) is 0 Å². The molecule has 6 heteroatoms. The number of amides is 1. The molecule has 1 fully saturated rings. The average molecular weight is 327 g/mol. The molecule has 1 atom stereocenters. The maximum absolute atomic E-state index is 12.2. The number of piperidine rings is 1. The van der Waals surface area contributed by atoms with E-state index in [4.69, 9.17) is 11.6 Å². The molecule has 0 radical (unpaired) electrons. The highest BCUT2D eigenvalue weighted by atomic mass is 35.5. The first-order valence-corrected chi connectivity index (χ1v) is 7.91. The molecular formula is C16H23ClN2O3. The van der Waals surface area contributed by atoms with Gasteiger partial charge in [-0.3, -0.25) is 9.69 Å². The molecule has 22 heavy (non-hydrogen) atoms. The van der Waals surface area contributed by atoms with E-state index >= 15 is 0 Å². The van der Waals surface area contributed by atoms with Gasteiger partial charge < -0.3 is 15.1 Å². The molecule has 2 rings (SSSR count). The minimum atomic E-state index is -0.681. The molecule has 0 aromatic heterocycles. The number of hydrogen-bond acceptors (Lipinski definition) is 4. The van der Waals surface area contributed by atoms with Gasteiger partial charge in [0.15, 0.2) is 0 Å². The van der Waals surface area contributed by atoms with Crippen LogP contribution in [0.25, 0.3) is 0 Å². The summed E-state index contributed by atoms with van der Waals surface area (Å²) >= 11 is 5.92. The fourth-order valence-electron chi connectivity index (χ4n) is 2.63. The Morgan fingerprint density at radius 2 is 2.14 bits per heavy atom. The van der Waals surface area contributed by atoms with E-state index in [9.17, 15) is 15.0 Å². The molecule has 1 heterocycles. The van der Waals surface area contributed by atoms with Crippen molar-refractivity contribution in [3.8, 4) is 0 Å². The van der Waals surface area contributed by atoms with Gasteiger partial charge in [-0.25, -0.2) is 0 Å². The van der Waals surface area contributed by atoms with E-state index in [2.05, 4.69) is 0 Å². The Labute approximate surface area is 136 Å². The predicted molar refractivity (Wildman–Crippen MR) is 85.7 cm³/mol. The summed E-state index contributed by atoms with van der Waals surface area (Å²) < 4.78 is 0. The maximum atomic E-state index is 12.2. The van der Waals surface area contributed by atoms with Gasteiger partial charge in [0, 0.05) is 24.7 Å². The second-order valence-electron chi connectivity index (χ2n) is 5.88. The van der Waals surface area contributed by atoms with Crippen molar-refractivity contribution in [3.05, 3.63) is 34.9 Å². The van der Waals surface area contributed by atoms with Crippen molar-refractivity contribution in [1.29, 1.82) is 0 Å². The summed E-state index contributed by atoms with van der Waals surface area (Å²) in [4.78, 5) is 15.8. The van der Waals surface area contributed by atoms with E-state index in [-0.39, 0.29) is 18.6 Å². The summed E-state index contributed by atoms with van der Waals surface area (Å²) in [6.07, 6.45) is 0.312. The molecular weight excluding hydrogens is 304 g/mol. The zero-order valence-electron chi connectivity index (χ0n) is 12.8. The number of aliphatic hydroxyl groups excluding tert-OH is 2. The first-order chi connectivity index (χ1) is 10.5. The molecule has 2 N–H and O–H groups in total. The third kappa shape index (κ3) is 4.95. The van der Waals surface area contributed by atoms with E-state index < -0.39 is 6.10 Å². The summed E-state index contributed by atoms with van der Waals surface area (Å²) in [5, 5.41) is 20.3. The Bertz CT molecular complexity index is 504. The Hall–Kier alpha value is -1.14. The Morgan fingerprint density at radius 1 is 1.45 bits per heavy atom. The monoisotopic (exact) mass is 326 g/mol. The molecule has 0 saturated carbocycles. The minimum absolute atomic E-state index is 0.0349. The topological polar surface area (TPSA) is 64.0 Å². The predicted octanol–water partition coefficient (Wildman–Crippen LogP) is 1.29. The molecule has 1 saturated heterocycles. The molecule has 0 aliphatic carbocycles. The van der Waals surface area contributed by atoms with Crippen LogP contribution in [0.5, 0.6) is 0 Å². The summed E-state index contributed by atoms with van der Waals surface area (Å²) in [6.45, 7) is 1.83. The van der Waals surface area contributed by atoms with Crippen LogP contribution in [-0.4, -0.2) is 65.3 Å². The van der Waals surface area contributed by atoms with Gasteiger partial charge in [0.1, 0.15) is 0 Å². The average Bonchev–Trinajstić information content (AvgIpc) is 2.47. The molecule has 0 spiro atoms. The van der Waals surface area contributed by atoms with Gasteiger partial charge in [0.25, 0.3) is 0 Å². The number of hydrogen-bond donors (Lipinski definition) is 2. The van der Waals surface area contributed by atoms with Crippen LogP contribution in [0.3, 0.4) is 0 Å². The SMILES string of the molecule is CN(CC(=O)N1CCC(O)CC1)CC(O)c1cccc(Cl)c1. The number of aliphatic hydroxyl groups is 2. The lowest BCUT2D eigenvalue weighted by Gasteiger charge is -2.31. The van der Waals surface area contributed by atoms with Crippen LogP contribution in [0.1, 0.15) is 24.5 Å². The second kappa shape index (κ2) is 7.92. The van der Waals surface area contributed by atoms with Gasteiger partial charge in [0.2, 0.25) is 5.91 Å². The van der Waals surface area contributed by atoms with Gasteiger partial charge in [-0.1, -0.05) is 23.7 Å². The van der Waals surface area contributed by atoms with Crippen molar-refractivity contribution in [2.24, 2.45) is 0 Å². The van der Waals surface area contributed by atoms with Gasteiger partial charge in [-0.05, 0) is 37.6 Å².